The molecule has 0 unspecified atom stereocenters. The number of hydrogen-bond donors (Lipinski definition) is 0. The number of ether oxygens (including phenoxy) is 1. The third-order valence-electron chi connectivity index (χ3n) is 5.77. The lowest BCUT2D eigenvalue weighted by molar-refractivity contribution is -0.137. The van der Waals surface area contributed by atoms with Crippen LogP contribution in [0.2, 0.25) is 0 Å². The van der Waals surface area contributed by atoms with Gasteiger partial charge in [-0.25, -0.2) is 0 Å². The van der Waals surface area contributed by atoms with Crippen molar-refractivity contribution < 1.29 is 27.1 Å². The molecule has 3 aromatic rings. The van der Waals surface area contributed by atoms with Gasteiger partial charge in [0.2, 0.25) is 0 Å². The van der Waals surface area contributed by atoms with Crippen molar-refractivity contribution in [2.24, 2.45) is 0 Å². The van der Waals surface area contributed by atoms with Gasteiger partial charge in [0.25, 0.3) is 5.91 Å². The Hall–Kier alpha value is -3.26. The molecule has 0 aliphatic carbocycles. The van der Waals surface area contributed by atoms with Gasteiger partial charge in [0.15, 0.2) is 5.76 Å². The molecule has 1 aliphatic rings. The second-order valence-electron chi connectivity index (χ2n) is 8.64. The van der Waals surface area contributed by atoms with Gasteiger partial charge < -0.3 is 14.1 Å². The molecular formula is C26H27F3N2O3. The van der Waals surface area contributed by atoms with Gasteiger partial charge in [-0.3, -0.25) is 9.69 Å². The molecule has 2 aromatic carbocycles. The number of hydrogen-bond acceptors (Lipinski definition) is 4. The Balaban J connectivity index is 1.29. The molecule has 4 rings (SSSR count). The fourth-order valence-electron chi connectivity index (χ4n) is 4.11. The van der Waals surface area contributed by atoms with Crippen LogP contribution in [-0.4, -0.2) is 41.9 Å². The second-order valence-corrected chi connectivity index (χ2v) is 8.64. The van der Waals surface area contributed by atoms with Crippen LogP contribution in [0.5, 0.6) is 5.75 Å². The van der Waals surface area contributed by atoms with E-state index in [0.717, 1.165) is 22.9 Å². The summed E-state index contributed by atoms with van der Waals surface area (Å²) in [5.41, 5.74) is 2.18. The first-order valence-electron chi connectivity index (χ1n) is 11.1. The maximum absolute atomic E-state index is 12.9. The highest BCUT2D eigenvalue weighted by Crippen LogP contribution is 2.30. The van der Waals surface area contributed by atoms with Gasteiger partial charge in [-0.05, 0) is 60.9 Å². The standard InChI is InChI=1S/C26H27F3N2O3/c1-18-12-19(2)14-23(13-18)33-17-22-6-7-24(34-22)25(32)31-10-8-30(9-11-31)16-20-4-3-5-21(15-20)26(27,28)29/h3-7,12-15H,8-11,16-17H2,1-2H3. The van der Waals surface area contributed by atoms with E-state index < -0.39 is 11.7 Å². The second kappa shape index (κ2) is 9.93. The number of alkyl halides is 3. The van der Waals surface area contributed by atoms with Gasteiger partial charge in [0.1, 0.15) is 18.1 Å². The summed E-state index contributed by atoms with van der Waals surface area (Å²) in [6, 6.07) is 14.7. The van der Waals surface area contributed by atoms with Crippen LogP contribution in [0.4, 0.5) is 13.2 Å². The molecule has 180 valence electrons. The van der Waals surface area contributed by atoms with Crippen LogP contribution >= 0.6 is 0 Å². The van der Waals surface area contributed by atoms with Gasteiger partial charge in [0.05, 0.1) is 5.56 Å². The van der Waals surface area contributed by atoms with E-state index in [1.165, 1.54) is 12.1 Å². The Bertz CT molecular complexity index is 1130. The summed E-state index contributed by atoms with van der Waals surface area (Å²) < 4.78 is 50.3. The maximum atomic E-state index is 12.9. The van der Waals surface area contributed by atoms with E-state index in [1.807, 2.05) is 30.9 Å². The minimum atomic E-state index is -4.35. The number of piperazine rings is 1. The average Bonchev–Trinajstić information content (AvgIpc) is 3.26. The van der Waals surface area contributed by atoms with Crippen molar-refractivity contribution in [1.82, 2.24) is 9.80 Å². The first kappa shape index (κ1) is 23.9. The number of rotatable bonds is 6. The molecule has 5 nitrogen and oxygen atoms in total. The van der Waals surface area contributed by atoms with E-state index in [4.69, 9.17) is 9.15 Å². The van der Waals surface area contributed by atoms with Crippen LogP contribution in [-0.2, 0) is 19.3 Å². The molecule has 8 heteroatoms. The molecule has 0 saturated carbocycles. The summed E-state index contributed by atoms with van der Waals surface area (Å²) >= 11 is 0. The van der Waals surface area contributed by atoms with E-state index in [9.17, 15) is 18.0 Å². The Morgan fingerprint density at radius 1 is 0.971 bits per heavy atom. The van der Waals surface area contributed by atoms with Gasteiger partial charge in [-0.1, -0.05) is 24.3 Å². The molecule has 0 N–H and O–H groups in total. The summed E-state index contributed by atoms with van der Waals surface area (Å²) in [5.74, 6) is 1.37. The SMILES string of the molecule is Cc1cc(C)cc(OCc2ccc(C(=O)N3CCN(Cc4cccc(C(F)(F)F)c4)CC3)o2)c1. The number of benzene rings is 2. The van der Waals surface area contributed by atoms with Gasteiger partial charge in [0, 0.05) is 32.7 Å². The number of amides is 1. The van der Waals surface area contributed by atoms with Crippen molar-refractivity contribution in [3.63, 3.8) is 0 Å². The van der Waals surface area contributed by atoms with Crippen molar-refractivity contribution in [1.29, 1.82) is 0 Å². The van der Waals surface area contributed by atoms with E-state index in [1.54, 1.807) is 23.1 Å². The molecule has 0 radical (unpaired) electrons. The third-order valence-corrected chi connectivity index (χ3v) is 5.77. The number of halogens is 3. The molecule has 34 heavy (non-hydrogen) atoms. The Morgan fingerprint density at radius 3 is 2.35 bits per heavy atom. The van der Waals surface area contributed by atoms with Gasteiger partial charge in [-0.2, -0.15) is 13.2 Å². The van der Waals surface area contributed by atoms with Crippen LogP contribution in [0, 0.1) is 13.8 Å². The zero-order valence-corrected chi connectivity index (χ0v) is 19.2. The summed E-state index contributed by atoms with van der Waals surface area (Å²) in [6.45, 7) is 6.75. The number of furan rings is 1. The number of carbonyl (C=O) groups is 1. The smallest absolute Gasteiger partial charge is 0.416 e. The highest BCUT2D eigenvalue weighted by molar-refractivity contribution is 5.91. The normalized spacial score (nSPS) is 14.9. The zero-order chi connectivity index (χ0) is 24.3. The largest absolute Gasteiger partial charge is 0.486 e. The minimum Gasteiger partial charge on any atom is -0.486 e. The van der Waals surface area contributed by atoms with Crippen molar-refractivity contribution in [3.05, 3.63) is 88.4 Å². The predicted octanol–water partition coefficient (Wildman–Crippen LogP) is 5.45. The van der Waals surface area contributed by atoms with E-state index in [2.05, 4.69) is 6.07 Å². The van der Waals surface area contributed by atoms with Gasteiger partial charge in [-0.15, -0.1) is 0 Å². The van der Waals surface area contributed by atoms with Crippen molar-refractivity contribution in [3.8, 4) is 5.75 Å². The summed E-state index contributed by atoms with van der Waals surface area (Å²) in [7, 11) is 0. The highest BCUT2D eigenvalue weighted by atomic mass is 19.4. The molecule has 1 saturated heterocycles. The minimum absolute atomic E-state index is 0.198. The fraction of sp³-hybridized carbons (Fsp3) is 0.346. The first-order valence-corrected chi connectivity index (χ1v) is 11.1. The molecule has 1 amide bonds. The molecule has 1 aliphatic heterocycles. The predicted molar refractivity (Wildman–Crippen MR) is 122 cm³/mol. The lowest BCUT2D eigenvalue weighted by Crippen LogP contribution is -2.48. The first-order chi connectivity index (χ1) is 16.2. The lowest BCUT2D eigenvalue weighted by atomic mass is 10.1. The summed E-state index contributed by atoms with van der Waals surface area (Å²) in [5, 5.41) is 0. The number of nitrogens with zero attached hydrogens (tertiary/aromatic N) is 2. The molecule has 0 bridgehead atoms. The lowest BCUT2D eigenvalue weighted by Gasteiger charge is -2.34. The van der Waals surface area contributed by atoms with E-state index >= 15 is 0 Å². The van der Waals surface area contributed by atoms with Crippen molar-refractivity contribution in [2.75, 3.05) is 26.2 Å². The Kier molecular flexibility index (Phi) is 6.97. The summed E-state index contributed by atoms with van der Waals surface area (Å²) in [6.07, 6.45) is -4.35. The topological polar surface area (TPSA) is 45.9 Å². The van der Waals surface area contributed by atoms with Crippen LogP contribution in [0.1, 0.15) is 38.6 Å². The van der Waals surface area contributed by atoms with E-state index in [-0.39, 0.29) is 18.3 Å². The Labute approximate surface area is 196 Å². The quantitative estimate of drug-likeness (QED) is 0.479. The molecule has 1 aromatic heterocycles. The molecule has 0 atom stereocenters. The zero-order valence-electron chi connectivity index (χ0n) is 19.2. The Morgan fingerprint density at radius 2 is 1.68 bits per heavy atom. The monoisotopic (exact) mass is 472 g/mol. The van der Waals surface area contributed by atoms with Gasteiger partial charge >= 0.3 is 6.18 Å². The van der Waals surface area contributed by atoms with Crippen molar-refractivity contribution >= 4 is 5.91 Å². The fourth-order valence-corrected chi connectivity index (χ4v) is 4.11. The summed E-state index contributed by atoms with van der Waals surface area (Å²) in [4.78, 5) is 16.6. The molecule has 1 fully saturated rings. The van der Waals surface area contributed by atoms with Crippen LogP contribution in [0.25, 0.3) is 0 Å². The number of carbonyl (C=O) groups excluding carboxylic acids is 1. The van der Waals surface area contributed by atoms with Crippen LogP contribution in [0.15, 0.2) is 59.0 Å². The molecule has 2 heterocycles. The molecular weight excluding hydrogens is 445 g/mol. The molecule has 0 spiro atoms. The van der Waals surface area contributed by atoms with Crippen LogP contribution < -0.4 is 4.74 Å². The average molecular weight is 473 g/mol. The van der Waals surface area contributed by atoms with E-state index in [0.29, 0.717) is 44.0 Å². The van der Waals surface area contributed by atoms with Crippen LogP contribution in [0.3, 0.4) is 0 Å². The van der Waals surface area contributed by atoms with Crippen molar-refractivity contribution in [2.45, 2.75) is 33.2 Å². The third kappa shape index (κ3) is 5.99. The maximum Gasteiger partial charge on any atom is 0.416 e. The number of aryl methyl sites for hydroxylation is 2. The highest BCUT2D eigenvalue weighted by Gasteiger charge is 2.30.